The molecule has 20 atom stereocenters. The van der Waals surface area contributed by atoms with Crippen molar-refractivity contribution in [3.8, 4) is 0 Å². The molecule has 0 aromatic carbocycles. The standard InChI is InChI=1S/C32H60N12.Al.H2O.2H/c33-21-19-20(22(34)24(36)23(21)35)32-43-30-18-12-6-4-10-16(18)28(41-30)39-26-14-8-2-1-7-13(14)25(37-26)38-27-15-9-3-5-11-17(15)29(40-27)42-31(19)44-32;;;;/h13-32,37-44H,1-12,33-36H2;;1H2;;. The molecule has 46 heavy (non-hydrogen) atoms. The van der Waals surface area contributed by atoms with Gasteiger partial charge in [-0.15, -0.1) is 0 Å². The summed E-state index contributed by atoms with van der Waals surface area (Å²) >= 11 is 0. The molecule has 5 aliphatic heterocycles. The second-order valence-electron chi connectivity index (χ2n) is 16.5. The van der Waals surface area contributed by atoms with Gasteiger partial charge in [-0.3, -0.25) is 42.5 Å². The quantitative estimate of drug-likeness (QED) is 0.114. The van der Waals surface area contributed by atoms with E-state index >= 15 is 0 Å². The first kappa shape index (κ1) is 34.5. The summed E-state index contributed by atoms with van der Waals surface area (Å²) < 4.78 is 0. The average Bonchev–Trinajstić information content (AvgIpc) is 3.78. The van der Waals surface area contributed by atoms with Gasteiger partial charge in [-0.25, -0.2) is 0 Å². The van der Waals surface area contributed by atoms with Crippen molar-refractivity contribution in [1.82, 2.24) is 42.5 Å². The first-order valence-corrected chi connectivity index (χ1v) is 18.6. The lowest BCUT2D eigenvalue weighted by atomic mass is 9.68. The average molecular weight is 660 g/mol. The second kappa shape index (κ2) is 13.6. The number of hydrogen-bond acceptors (Lipinski definition) is 12. The van der Waals surface area contributed by atoms with Gasteiger partial charge in [0.1, 0.15) is 17.4 Å². The summed E-state index contributed by atoms with van der Waals surface area (Å²) in [5.74, 6) is 3.98. The summed E-state index contributed by atoms with van der Waals surface area (Å²) in [6.07, 6.45) is 17.4. The largest absolute Gasteiger partial charge is 0.412 e. The molecule has 13 nitrogen and oxygen atoms in total. The normalized spacial score (nSPS) is 57.7. The van der Waals surface area contributed by atoms with E-state index in [0.29, 0.717) is 60.2 Å². The lowest BCUT2D eigenvalue weighted by Crippen LogP contribution is -2.72. The molecule has 14 heteroatoms. The molecule has 8 bridgehead atoms. The van der Waals surface area contributed by atoms with Crippen LogP contribution < -0.4 is 65.5 Å². The molecule has 9 aliphatic rings. The van der Waals surface area contributed by atoms with Gasteiger partial charge in [0.05, 0.1) is 49.3 Å². The Hall–Kier alpha value is 0.0125. The maximum atomic E-state index is 6.98. The van der Waals surface area contributed by atoms with Crippen LogP contribution in [0.1, 0.15) is 77.0 Å². The Bertz CT molecular complexity index is 985. The zero-order chi connectivity index (χ0) is 29.7. The SMILES string of the molecule is NC1C(N)C(N)C2C3NC4NC(NC5NC(NC6NC(NC(N3)C2C1N)C1CCCCC61)C1CCCCC51)C1CCCCC41.O.[AlH2]. The van der Waals surface area contributed by atoms with Crippen LogP contribution in [0.5, 0.6) is 0 Å². The Morgan fingerprint density at radius 1 is 0.304 bits per heavy atom. The molecule has 4 aliphatic carbocycles. The van der Waals surface area contributed by atoms with Crippen LogP contribution in [0.15, 0.2) is 0 Å². The highest BCUT2D eigenvalue weighted by Gasteiger charge is 2.59. The maximum absolute atomic E-state index is 6.98. The van der Waals surface area contributed by atoms with Crippen LogP contribution in [-0.4, -0.2) is 96.3 Å². The minimum Gasteiger partial charge on any atom is -0.412 e. The third-order valence-corrected chi connectivity index (χ3v) is 14.5. The highest BCUT2D eigenvalue weighted by Crippen LogP contribution is 2.45. The van der Waals surface area contributed by atoms with E-state index in [9.17, 15) is 0 Å². The Morgan fingerprint density at radius 3 is 0.739 bits per heavy atom. The van der Waals surface area contributed by atoms with E-state index in [4.69, 9.17) is 22.9 Å². The molecule has 20 unspecified atom stereocenters. The van der Waals surface area contributed by atoms with E-state index in [-0.39, 0.29) is 83.5 Å². The van der Waals surface area contributed by atoms with Gasteiger partial charge in [-0.05, 0) is 74.0 Å². The van der Waals surface area contributed by atoms with Crippen LogP contribution in [0, 0.1) is 47.3 Å². The molecular formula is C32H64AlN12O. The van der Waals surface area contributed by atoms with Crippen LogP contribution in [-0.2, 0) is 0 Å². The fourth-order valence-corrected chi connectivity index (χ4v) is 12.3. The smallest absolute Gasteiger partial charge is 0.146 e. The highest BCUT2D eigenvalue weighted by molar-refractivity contribution is 5.75. The number of rotatable bonds is 0. The summed E-state index contributed by atoms with van der Waals surface area (Å²) in [5.41, 5.74) is 27.3. The fourth-order valence-electron chi connectivity index (χ4n) is 12.3. The first-order chi connectivity index (χ1) is 21.5. The van der Waals surface area contributed by atoms with E-state index in [0.717, 1.165) is 0 Å². The summed E-state index contributed by atoms with van der Waals surface area (Å²) in [5, 5.41) is 33.0. The molecule has 0 aromatic rings. The monoisotopic (exact) mass is 660 g/mol. The van der Waals surface area contributed by atoms with Gasteiger partial charge in [-0.2, -0.15) is 0 Å². The van der Waals surface area contributed by atoms with E-state index in [2.05, 4.69) is 42.5 Å². The van der Waals surface area contributed by atoms with Gasteiger partial charge in [0, 0.05) is 36.0 Å². The third kappa shape index (κ3) is 5.56. The van der Waals surface area contributed by atoms with Gasteiger partial charge < -0.3 is 28.4 Å². The first-order valence-electron chi connectivity index (χ1n) is 18.6. The van der Waals surface area contributed by atoms with Crippen molar-refractivity contribution >= 4 is 17.4 Å². The van der Waals surface area contributed by atoms with Crippen molar-refractivity contribution in [1.29, 1.82) is 0 Å². The van der Waals surface area contributed by atoms with E-state index in [1.807, 2.05) is 0 Å². The van der Waals surface area contributed by atoms with Crippen molar-refractivity contribution in [2.45, 2.75) is 151 Å². The number of nitrogens with one attached hydrogen (secondary N) is 8. The summed E-state index contributed by atoms with van der Waals surface area (Å²) in [4.78, 5) is 0. The van der Waals surface area contributed by atoms with Gasteiger partial charge >= 0.3 is 0 Å². The van der Waals surface area contributed by atoms with Crippen molar-refractivity contribution in [2.75, 3.05) is 0 Å². The van der Waals surface area contributed by atoms with Crippen LogP contribution in [0.4, 0.5) is 0 Å². The Kier molecular flexibility index (Phi) is 10.2. The minimum atomic E-state index is -0.315. The van der Waals surface area contributed by atoms with E-state index in [1.165, 1.54) is 77.0 Å². The molecule has 9 rings (SSSR count). The van der Waals surface area contributed by atoms with Crippen molar-refractivity contribution in [3.63, 3.8) is 0 Å². The Labute approximate surface area is 285 Å². The molecule has 18 N–H and O–H groups in total. The highest BCUT2D eigenvalue weighted by atomic mass is 27.0. The summed E-state index contributed by atoms with van der Waals surface area (Å²) in [6, 6.07) is -1.07. The molecule has 0 aromatic heterocycles. The molecule has 1 radical (unpaired) electrons. The van der Waals surface area contributed by atoms with Crippen molar-refractivity contribution in [3.05, 3.63) is 0 Å². The summed E-state index contributed by atoms with van der Waals surface area (Å²) in [6.45, 7) is 0. The molecule has 5 saturated heterocycles. The molecule has 0 spiro atoms. The molecule has 9 fully saturated rings. The summed E-state index contributed by atoms with van der Waals surface area (Å²) in [7, 11) is 0. The van der Waals surface area contributed by atoms with Crippen LogP contribution in [0.2, 0.25) is 0 Å². The molecule has 261 valence electrons. The van der Waals surface area contributed by atoms with Crippen molar-refractivity contribution in [2.24, 2.45) is 70.3 Å². The second-order valence-corrected chi connectivity index (χ2v) is 16.5. The molecule has 4 saturated carbocycles. The predicted octanol–water partition coefficient (Wildman–Crippen LogP) is -3.39. The fraction of sp³-hybridized carbons (Fsp3) is 1.00. The lowest BCUT2D eigenvalue weighted by Gasteiger charge is -2.47. The van der Waals surface area contributed by atoms with Gasteiger partial charge in [0.25, 0.3) is 0 Å². The molecule has 0 amide bonds. The number of fused-ring (bicyclic) bond motifs is 20. The molecule has 5 heterocycles. The minimum absolute atomic E-state index is 0. The van der Waals surface area contributed by atoms with Crippen LogP contribution in [0.25, 0.3) is 0 Å². The molecular weight excluding hydrogens is 595 g/mol. The van der Waals surface area contributed by atoms with Crippen molar-refractivity contribution < 1.29 is 5.48 Å². The number of nitrogens with two attached hydrogens (primary N) is 4. The number of hydrogen-bond donors (Lipinski definition) is 12. The van der Waals surface area contributed by atoms with E-state index in [1.54, 1.807) is 0 Å². The zero-order valence-electron chi connectivity index (χ0n) is 27.8. The third-order valence-electron chi connectivity index (χ3n) is 14.5. The topological polar surface area (TPSA) is 232 Å². The van der Waals surface area contributed by atoms with Crippen LogP contribution >= 0.6 is 0 Å². The Morgan fingerprint density at radius 2 is 0.500 bits per heavy atom. The van der Waals surface area contributed by atoms with Gasteiger partial charge in [-0.1, -0.05) is 38.5 Å². The van der Waals surface area contributed by atoms with Gasteiger partial charge in [0.15, 0.2) is 0 Å². The zero-order valence-corrected chi connectivity index (χ0v) is 29.8. The van der Waals surface area contributed by atoms with Gasteiger partial charge in [0.2, 0.25) is 0 Å². The van der Waals surface area contributed by atoms with E-state index < -0.39 is 0 Å². The predicted molar refractivity (Wildman–Crippen MR) is 183 cm³/mol. The Balaban J connectivity index is 0.00000169. The maximum Gasteiger partial charge on any atom is 0.146 e. The van der Waals surface area contributed by atoms with Crippen LogP contribution in [0.3, 0.4) is 0 Å². The lowest BCUT2D eigenvalue weighted by molar-refractivity contribution is 0.113.